The topological polar surface area (TPSA) is 47.3 Å². The minimum atomic E-state index is 0.185. The number of hydrogen-bond acceptors (Lipinski definition) is 3. The van der Waals surface area contributed by atoms with Gasteiger partial charge >= 0.3 is 0 Å². The Kier molecular flexibility index (Phi) is 6.16. The monoisotopic (exact) mass is 250 g/mol. The summed E-state index contributed by atoms with van der Waals surface area (Å²) in [5, 5.41) is 0. The number of ether oxygens (including phenoxy) is 1. The third kappa shape index (κ3) is 4.00. The molecule has 2 atom stereocenters. The van der Waals surface area contributed by atoms with Crippen molar-refractivity contribution in [2.45, 2.75) is 40.2 Å². The molecule has 0 aliphatic heterocycles. The van der Waals surface area contributed by atoms with E-state index in [0.29, 0.717) is 11.8 Å². The average Bonchev–Trinajstić information content (AvgIpc) is 2.38. The Morgan fingerprint density at radius 2 is 1.78 bits per heavy atom. The molecule has 0 fully saturated rings. The van der Waals surface area contributed by atoms with Crippen molar-refractivity contribution in [3.63, 3.8) is 0 Å². The molecule has 3 nitrogen and oxygen atoms in total. The summed E-state index contributed by atoms with van der Waals surface area (Å²) in [5.74, 6) is 7.67. The van der Waals surface area contributed by atoms with Crippen LogP contribution in [-0.2, 0) is 0 Å². The molecule has 0 heterocycles. The minimum absolute atomic E-state index is 0.185. The Morgan fingerprint density at radius 1 is 1.17 bits per heavy atom. The highest BCUT2D eigenvalue weighted by atomic mass is 16.5. The predicted octanol–water partition coefficient (Wildman–Crippen LogP) is 3.27. The van der Waals surface area contributed by atoms with Crippen LogP contribution >= 0.6 is 0 Å². The lowest BCUT2D eigenvalue weighted by Crippen LogP contribution is -2.34. The summed E-state index contributed by atoms with van der Waals surface area (Å²) in [4.78, 5) is 0. The van der Waals surface area contributed by atoms with Crippen LogP contribution in [0, 0.1) is 11.8 Å². The highest BCUT2D eigenvalue weighted by molar-refractivity contribution is 5.29. The van der Waals surface area contributed by atoms with E-state index in [0.717, 1.165) is 18.8 Å². The third-order valence-corrected chi connectivity index (χ3v) is 3.47. The molecule has 0 bridgehead atoms. The zero-order valence-corrected chi connectivity index (χ0v) is 11.9. The van der Waals surface area contributed by atoms with Gasteiger partial charge in [0.1, 0.15) is 5.75 Å². The standard InChI is InChI=1S/C15H26N2O/c1-5-10-18-14-8-6-13(7-9-14)15(17-16)12(4)11(2)3/h6-9,11-12,15,17H,5,10,16H2,1-4H3. The van der Waals surface area contributed by atoms with Crippen LogP contribution in [0.2, 0.25) is 0 Å². The summed E-state index contributed by atoms with van der Waals surface area (Å²) in [7, 11) is 0. The van der Waals surface area contributed by atoms with Crippen LogP contribution in [0.3, 0.4) is 0 Å². The lowest BCUT2D eigenvalue weighted by atomic mass is 9.86. The number of rotatable bonds is 7. The predicted molar refractivity (Wildman–Crippen MR) is 76.3 cm³/mol. The van der Waals surface area contributed by atoms with Gasteiger partial charge in [-0.05, 0) is 36.0 Å². The fourth-order valence-corrected chi connectivity index (χ4v) is 1.93. The molecule has 0 radical (unpaired) electrons. The molecule has 0 saturated carbocycles. The van der Waals surface area contributed by atoms with Gasteiger partial charge in [-0.1, -0.05) is 39.8 Å². The molecule has 2 unspecified atom stereocenters. The molecule has 0 aliphatic carbocycles. The molecule has 102 valence electrons. The second-order valence-corrected chi connectivity index (χ2v) is 5.16. The first kappa shape index (κ1) is 15.0. The largest absolute Gasteiger partial charge is 0.494 e. The molecule has 0 spiro atoms. The molecule has 0 aromatic heterocycles. The van der Waals surface area contributed by atoms with Gasteiger partial charge in [0.15, 0.2) is 0 Å². The summed E-state index contributed by atoms with van der Waals surface area (Å²) < 4.78 is 5.58. The van der Waals surface area contributed by atoms with E-state index in [1.165, 1.54) is 5.56 Å². The van der Waals surface area contributed by atoms with E-state index in [9.17, 15) is 0 Å². The summed E-state index contributed by atoms with van der Waals surface area (Å²) in [6.07, 6.45) is 1.03. The highest BCUT2D eigenvalue weighted by Gasteiger charge is 2.20. The van der Waals surface area contributed by atoms with Crippen LogP contribution in [0.4, 0.5) is 0 Å². The van der Waals surface area contributed by atoms with Crippen molar-refractivity contribution in [3.05, 3.63) is 29.8 Å². The third-order valence-electron chi connectivity index (χ3n) is 3.47. The molecule has 3 heteroatoms. The van der Waals surface area contributed by atoms with Crippen LogP contribution < -0.4 is 16.0 Å². The van der Waals surface area contributed by atoms with Gasteiger partial charge in [0.25, 0.3) is 0 Å². The van der Waals surface area contributed by atoms with Crippen LogP contribution in [0.25, 0.3) is 0 Å². The van der Waals surface area contributed by atoms with E-state index < -0.39 is 0 Å². The molecule has 0 saturated heterocycles. The molecule has 1 aromatic rings. The van der Waals surface area contributed by atoms with E-state index in [1.54, 1.807) is 0 Å². The van der Waals surface area contributed by atoms with Gasteiger partial charge in [-0.25, -0.2) is 0 Å². The maximum absolute atomic E-state index is 5.68. The Morgan fingerprint density at radius 3 is 2.22 bits per heavy atom. The van der Waals surface area contributed by atoms with Crippen molar-refractivity contribution in [3.8, 4) is 5.75 Å². The summed E-state index contributed by atoms with van der Waals surface area (Å²) >= 11 is 0. The number of nitrogens with one attached hydrogen (secondary N) is 1. The van der Waals surface area contributed by atoms with Crippen molar-refractivity contribution in [2.75, 3.05) is 6.61 Å². The lowest BCUT2D eigenvalue weighted by molar-refractivity contribution is 0.304. The normalized spacial score (nSPS) is 14.6. The first-order valence-electron chi connectivity index (χ1n) is 6.79. The average molecular weight is 250 g/mol. The quantitative estimate of drug-likeness (QED) is 0.577. The number of benzene rings is 1. The number of hydrazine groups is 1. The van der Waals surface area contributed by atoms with Crippen LogP contribution in [0.15, 0.2) is 24.3 Å². The van der Waals surface area contributed by atoms with Gasteiger partial charge in [-0.15, -0.1) is 0 Å². The van der Waals surface area contributed by atoms with Crippen molar-refractivity contribution < 1.29 is 4.74 Å². The maximum Gasteiger partial charge on any atom is 0.119 e. The molecular weight excluding hydrogens is 224 g/mol. The van der Waals surface area contributed by atoms with Crippen molar-refractivity contribution in [1.29, 1.82) is 0 Å². The maximum atomic E-state index is 5.68. The van der Waals surface area contributed by atoms with Crippen molar-refractivity contribution >= 4 is 0 Å². The van der Waals surface area contributed by atoms with Gasteiger partial charge in [0.05, 0.1) is 6.61 Å². The van der Waals surface area contributed by atoms with Gasteiger partial charge in [-0.3, -0.25) is 11.3 Å². The Balaban J connectivity index is 2.75. The van der Waals surface area contributed by atoms with Gasteiger partial charge in [0.2, 0.25) is 0 Å². The molecule has 1 rings (SSSR count). The van der Waals surface area contributed by atoms with Crippen LogP contribution in [0.1, 0.15) is 45.7 Å². The fraction of sp³-hybridized carbons (Fsp3) is 0.600. The molecule has 0 amide bonds. The SMILES string of the molecule is CCCOc1ccc(C(NN)C(C)C(C)C)cc1. The van der Waals surface area contributed by atoms with E-state index in [4.69, 9.17) is 10.6 Å². The number of hydrogen-bond donors (Lipinski definition) is 2. The Hall–Kier alpha value is -1.06. The first-order valence-corrected chi connectivity index (χ1v) is 6.79. The van der Waals surface area contributed by atoms with Crippen molar-refractivity contribution in [1.82, 2.24) is 5.43 Å². The summed E-state index contributed by atoms with van der Waals surface area (Å²) in [6, 6.07) is 8.40. The molecular formula is C15H26N2O. The van der Waals surface area contributed by atoms with Crippen LogP contribution in [-0.4, -0.2) is 6.61 Å². The minimum Gasteiger partial charge on any atom is -0.494 e. The van der Waals surface area contributed by atoms with E-state index in [1.807, 2.05) is 12.1 Å². The van der Waals surface area contributed by atoms with E-state index >= 15 is 0 Å². The molecule has 3 N–H and O–H groups in total. The van der Waals surface area contributed by atoms with E-state index in [-0.39, 0.29) is 6.04 Å². The van der Waals surface area contributed by atoms with Gasteiger partial charge in [0, 0.05) is 6.04 Å². The van der Waals surface area contributed by atoms with Crippen molar-refractivity contribution in [2.24, 2.45) is 17.7 Å². The Bertz CT molecular complexity index is 335. The molecule has 18 heavy (non-hydrogen) atoms. The lowest BCUT2D eigenvalue weighted by Gasteiger charge is -2.26. The summed E-state index contributed by atoms with van der Waals surface area (Å²) in [5.41, 5.74) is 4.13. The zero-order valence-electron chi connectivity index (χ0n) is 11.9. The van der Waals surface area contributed by atoms with Crippen LogP contribution in [0.5, 0.6) is 5.75 Å². The molecule has 0 aliphatic rings. The smallest absolute Gasteiger partial charge is 0.119 e. The second-order valence-electron chi connectivity index (χ2n) is 5.16. The second kappa shape index (κ2) is 7.39. The molecule has 1 aromatic carbocycles. The van der Waals surface area contributed by atoms with E-state index in [2.05, 4.69) is 45.3 Å². The first-order chi connectivity index (χ1) is 8.60. The Labute approximate surface area is 111 Å². The van der Waals surface area contributed by atoms with Gasteiger partial charge in [-0.2, -0.15) is 0 Å². The summed E-state index contributed by atoms with van der Waals surface area (Å²) in [6.45, 7) is 9.52. The number of nitrogens with two attached hydrogens (primary N) is 1. The zero-order chi connectivity index (χ0) is 13.5. The highest BCUT2D eigenvalue weighted by Crippen LogP contribution is 2.28. The fourth-order valence-electron chi connectivity index (χ4n) is 1.93. The van der Waals surface area contributed by atoms with Gasteiger partial charge < -0.3 is 4.74 Å².